The molecule has 0 saturated heterocycles. The molecule has 0 aliphatic carbocycles. The maximum absolute atomic E-state index is 10.9. The van der Waals surface area contributed by atoms with Gasteiger partial charge in [0, 0.05) is 0 Å². The minimum absolute atomic E-state index is 0.213. The first-order chi connectivity index (χ1) is 10.1. The molecule has 0 amide bonds. The van der Waals surface area contributed by atoms with Gasteiger partial charge in [0.1, 0.15) is 24.7 Å². The molecule has 110 valence electrons. The maximum atomic E-state index is 10.9. The van der Waals surface area contributed by atoms with Crippen LogP contribution in [0.4, 0.5) is 0 Å². The number of carboxylic acids is 1. The molecule has 0 fully saturated rings. The van der Waals surface area contributed by atoms with Crippen LogP contribution < -0.4 is 9.47 Å². The first-order valence-electron chi connectivity index (χ1n) is 6.42. The second-order valence-electron chi connectivity index (χ2n) is 4.41. The lowest BCUT2D eigenvalue weighted by molar-refractivity contribution is 0.0696. The van der Waals surface area contributed by atoms with E-state index in [-0.39, 0.29) is 5.56 Å². The molecule has 1 N–H and O–H groups in total. The van der Waals surface area contributed by atoms with Gasteiger partial charge in [0.05, 0.1) is 9.13 Å². The van der Waals surface area contributed by atoms with Crippen LogP contribution in [0.15, 0.2) is 42.5 Å². The summed E-state index contributed by atoms with van der Waals surface area (Å²) in [4.78, 5) is 10.9. The van der Waals surface area contributed by atoms with Gasteiger partial charge in [-0.2, -0.15) is 0 Å². The Morgan fingerprint density at radius 1 is 1.10 bits per heavy atom. The summed E-state index contributed by atoms with van der Waals surface area (Å²) in [6.07, 6.45) is 0. The van der Waals surface area contributed by atoms with Gasteiger partial charge in [0.25, 0.3) is 0 Å². The SMILES string of the molecule is Cc1ccccc1OCCOc1cc(C(=O)O)ccc1I. The van der Waals surface area contributed by atoms with Crippen molar-refractivity contribution in [1.29, 1.82) is 0 Å². The third-order valence-electron chi connectivity index (χ3n) is 2.87. The molecule has 0 aliphatic rings. The van der Waals surface area contributed by atoms with E-state index in [2.05, 4.69) is 22.6 Å². The number of benzene rings is 2. The van der Waals surface area contributed by atoms with E-state index in [1.165, 1.54) is 6.07 Å². The zero-order valence-electron chi connectivity index (χ0n) is 11.5. The number of carboxylic acid groups (broad SMARTS) is 1. The van der Waals surface area contributed by atoms with Crippen LogP contribution in [-0.4, -0.2) is 24.3 Å². The Kier molecular flexibility index (Phi) is 5.44. The fourth-order valence-electron chi connectivity index (χ4n) is 1.77. The van der Waals surface area contributed by atoms with Crippen molar-refractivity contribution in [2.24, 2.45) is 0 Å². The van der Waals surface area contributed by atoms with Gasteiger partial charge in [-0.05, 0) is 59.3 Å². The number of carbonyl (C=O) groups is 1. The molecule has 0 unspecified atom stereocenters. The standard InChI is InChI=1S/C16H15IO4/c1-11-4-2-3-5-14(11)20-8-9-21-15-10-12(16(18)19)6-7-13(15)17/h2-7,10H,8-9H2,1H3,(H,18,19). The summed E-state index contributed by atoms with van der Waals surface area (Å²) in [5.41, 5.74) is 1.28. The van der Waals surface area contributed by atoms with Crippen LogP contribution >= 0.6 is 22.6 Å². The fourth-order valence-corrected chi connectivity index (χ4v) is 2.26. The molecule has 0 heterocycles. The average Bonchev–Trinajstić information content (AvgIpc) is 2.46. The number of rotatable bonds is 6. The van der Waals surface area contributed by atoms with Gasteiger partial charge in [-0.1, -0.05) is 18.2 Å². The predicted octanol–water partition coefficient (Wildman–Crippen LogP) is 3.76. The Bertz CT molecular complexity index is 640. The Morgan fingerprint density at radius 2 is 1.76 bits per heavy atom. The van der Waals surface area contributed by atoms with E-state index in [1.54, 1.807) is 12.1 Å². The van der Waals surface area contributed by atoms with Gasteiger partial charge < -0.3 is 14.6 Å². The van der Waals surface area contributed by atoms with E-state index < -0.39 is 5.97 Å². The fraction of sp³-hybridized carbons (Fsp3) is 0.188. The summed E-state index contributed by atoms with van der Waals surface area (Å²) in [5.74, 6) is 0.423. The van der Waals surface area contributed by atoms with Crippen molar-refractivity contribution >= 4 is 28.6 Å². The maximum Gasteiger partial charge on any atom is 0.335 e. The Balaban J connectivity index is 1.90. The molecule has 0 spiro atoms. The highest BCUT2D eigenvalue weighted by atomic mass is 127. The van der Waals surface area contributed by atoms with Crippen molar-refractivity contribution in [2.75, 3.05) is 13.2 Å². The predicted molar refractivity (Wildman–Crippen MR) is 88.3 cm³/mol. The molecule has 2 aromatic rings. The Labute approximate surface area is 136 Å². The van der Waals surface area contributed by atoms with E-state index in [0.29, 0.717) is 19.0 Å². The number of ether oxygens (including phenoxy) is 2. The molecule has 0 saturated carbocycles. The van der Waals surface area contributed by atoms with Gasteiger partial charge in [0.2, 0.25) is 0 Å². The second-order valence-corrected chi connectivity index (χ2v) is 5.57. The Morgan fingerprint density at radius 3 is 2.43 bits per heavy atom. The average molecular weight is 398 g/mol. The summed E-state index contributed by atoms with van der Waals surface area (Å²) in [7, 11) is 0. The molecule has 2 aromatic carbocycles. The lowest BCUT2D eigenvalue weighted by atomic mass is 10.2. The van der Waals surface area contributed by atoms with Crippen LogP contribution in [-0.2, 0) is 0 Å². The first-order valence-corrected chi connectivity index (χ1v) is 7.50. The van der Waals surface area contributed by atoms with Crippen molar-refractivity contribution in [2.45, 2.75) is 6.92 Å². The van der Waals surface area contributed by atoms with E-state index >= 15 is 0 Å². The largest absolute Gasteiger partial charge is 0.490 e. The molecule has 0 aliphatic heterocycles. The minimum atomic E-state index is -0.965. The van der Waals surface area contributed by atoms with Crippen LogP contribution in [0.5, 0.6) is 11.5 Å². The second kappa shape index (κ2) is 7.31. The van der Waals surface area contributed by atoms with Crippen LogP contribution in [0.3, 0.4) is 0 Å². The molecular formula is C16H15IO4. The van der Waals surface area contributed by atoms with Gasteiger partial charge in [0.15, 0.2) is 0 Å². The highest BCUT2D eigenvalue weighted by Crippen LogP contribution is 2.22. The van der Waals surface area contributed by atoms with Gasteiger partial charge >= 0.3 is 5.97 Å². The number of aromatic carboxylic acids is 1. The third-order valence-corrected chi connectivity index (χ3v) is 3.76. The zero-order valence-corrected chi connectivity index (χ0v) is 13.7. The normalized spacial score (nSPS) is 10.2. The lowest BCUT2D eigenvalue weighted by Crippen LogP contribution is -2.10. The van der Waals surface area contributed by atoms with E-state index in [4.69, 9.17) is 14.6 Å². The van der Waals surface area contributed by atoms with Crippen LogP contribution in [0, 0.1) is 10.5 Å². The molecule has 5 heteroatoms. The number of hydrogen-bond donors (Lipinski definition) is 1. The van der Waals surface area contributed by atoms with E-state index in [1.807, 2.05) is 31.2 Å². The number of para-hydroxylation sites is 1. The van der Waals surface area contributed by atoms with Crippen LogP contribution in [0.1, 0.15) is 15.9 Å². The number of aryl methyl sites for hydroxylation is 1. The van der Waals surface area contributed by atoms with Crippen LogP contribution in [0.2, 0.25) is 0 Å². The molecular weight excluding hydrogens is 383 g/mol. The summed E-state index contributed by atoms with van der Waals surface area (Å²) in [5, 5.41) is 8.97. The van der Waals surface area contributed by atoms with Crippen molar-refractivity contribution in [3.05, 3.63) is 57.2 Å². The van der Waals surface area contributed by atoms with Crippen molar-refractivity contribution in [3.63, 3.8) is 0 Å². The molecule has 0 bridgehead atoms. The summed E-state index contributed by atoms with van der Waals surface area (Å²) in [6, 6.07) is 12.6. The highest BCUT2D eigenvalue weighted by molar-refractivity contribution is 14.1. The molecule has 0 radical (unpaired) electrons. The van der Waals surface area contributed by atoms with Crippen molar-refractivity contribution < 1.29 is 19.4 Å². The summed E-state index contributed by atoms with van der Waals surface area (Å²) >= 11 is 2.11. The lowest BCUT2D eigenvalue weighted by Gasteiger charge is -2.11. The smallest absolute Gasteiger partial charge is 0.335 e. The molecule has 4 nitrogen and oxygen atoms in total. The Hall–Kier alpha value is -1.76. The molecule has 2 rings (SSSR count). The van der Waals surface area contributed by atoms with Crippen LogP contribution in [0.25, 0.3) is 0 Å². The molecule has 21 heavy (non-hydrogen) atoms. The summed E-state index contributed by atoms with van der Waals surface area (Å²) in [6.45, 7) is 2.74. The van der Waals surface area contributed by atoms with E-state index in [9.17, 15) is 4.79 Å². The summed E-state index contributed by atoms with van der Waals surface area (Å²) < 4.78 is 12.1. The minimum Gasteiger partial charge on any atom is -0.490 e. The molecule has 0 aromatic heterocycles. The third kappa shape index (κ3) is 4.35. The topological polar surface area (TPSA) is 55.8 Å². The highest BCUT2D eigenvalue weighted by Gasteiger charge is 2.08. The van der Waals surface area contributed by atoms with Crippen molar-refractivity contribution in [3.8, 4) is 11.5 Å². The number of halogens is 1. The van der Waals surface area contributed by atoms with Gasteiger partial charge in [-0.25, -0.2) is 4.79 Å². The zero-order chi connectivity index (χ0) is 15.2. The van der Waals surface area contributed by atoms with Crippen molar-refractivity contribution in [1.82, 2.24) is 0 Å². The molecule has 0 atom stereocenters. The van der Waals surface area contributed by atoms with Gasteiger partial charge in [-0.3, -0.25) is 0 Å². The number of hydrogen-bond acceptors (Lipinski definition) is 3. The van der Waals surface area contributed by atoms with E-state index in [0.717, 1.165) is 14.9 Å². The van der Waals surface area contributed by atoms with Gasteiger partial charge in [-0.15, -0.1) is 0 Å². The first kappa shape index (κ1) is 15.6. The monoisotopic (exact) mass is 398 g/mol. The quantitative estimate of drug-likeness (QED) is 0.595.